The van der Waals surface area contributed by atoms with E-state index in [-0.39, 0.29) is 12.3 Å². The van der Waals surface area contributed by atoms with Crippen molar-refractivity contribution in [1.82, 2.24) is 9.97 Å². The van der Waals surface area contributed by atoms with Gasteiger partial charge in [-0.2, -0.15) is 0 Å². The highest BCUT2D eigenvalue weighted by molar-refractivity contribution is 5.67. The van der Waals surface area contributed by atoms with Gasteiger partial charge in [-0.1, -0.05) is 0 Å². The maximum Gasteiger partial charge on any atom is 0.304 e. The molecule has 1 aliphatic heterocycles. The molecule has 0 radical (unpaired) electrons. The number of nitrogens with zero attached hydrogens (tertiary/aromatic N) is 2. The van der Waals surface area contributed by atoms with Crippen LogP contribution in [-0.4, -0.2) is 34.3 Å². The van der Waals surface area contributed by atoms with Gasteiger partial charge in [-0.05, 0) is 24.8 Å². The molecule has 1 aliphatic rings. The molecule has 0 amide bonds. The van der Waals surface area contributed by atoms with E-state index >= 15 is 0 Å². The highest BCUT2D eigenvalue weighted by Crippen LogP contribution is 2.32. The first-order chi connectivity index (χ1) is 8.27. The molecule has 2 heterocycles. The van der Waals surface area contributed by atoms with Crippen LogP contribution in [0.3, 0.4) is 0 Å². The first-order valence-electron chi connectivity index (χ1n) is 5.84. The normalized spacial score (nSPS) is 18.8. The molecule has 5 nitrogen and oxygen atoms in total. The fourth-order valence-electron chi connectivity index (χ4n) is 2.28. The smallest absolute Gasteiger partial charge is 0.304 e. The van der Waals surface area contributed by atoms with E-state index in [1.54, 1.807) is 18.5 Å². The fourth-order valence-corrected chi connectivity index (χ4v) is 2.28. The zero-order valence-electron chi connectivity index (χ0n) is 9.58. The van der Waals surface area contributed by atoms with Crippen LogP contribution in [0.1, 0.15) is 31.0 Å². The van der Waals surface area contributed by atoms with E-state index in [0.29, 0.717) is 25.0 Å². The third-order valence-electron chi connectivity index (χ3n) is 3.15. The highest BCUT2D eigenvalue weighted by atomic mass is 16.5. The number of hydrogen-bond acceptors (Lipinski definition) is 4. The Balaban J connectivity index is 2.15. The Morgan fingerprint density at radius 2 is 2.06 bits per heavy atom. The summed E-state index contributed by atoms with van der Waals surface area (Å²) in [6, 6.07) is 1.74. The summed E-state index contributed by atoms with van der Waals surface area (Å²) in [6.45, 7) is 1.40. The van der Waals surface area contributed by atoms with Crippen LogP contribution >= 0.6 is 0 Å². The van der Waals surface area contributed by atoms with Gasteiger partial charge in [-0.25, -0.2) is 9.97 Å². The molecule has 1 N–H and O–H groups in total. The van der Waals surface area contributed by atoms with E-state index in [4.69, 9.17) is 9.84 Å². The number of ether oxygens (including phenoxy) is 1. The van der Waals surface area contributed by atoms with Crippen molar-refractivity contribution in [1.29, 1.82) is 0 Å². The van der Waals surface area contributed by atoms with Crippen LogP contribution in [0.4, 0.5) is 0 Å². The van der Waals surface area contributed by atoms with Crippen molar-refractivity contribution >= 4 is 5.97 Å². The Bertz CT molecular complexity index is 363. The quantitative estimate of drug-likeness (QED) is 0.856. The van der Waals surface area contributed by atoms with E-state index < -0.39 is 5.97 Å². The average Bonchev–Trinajstić information content (AvgIpc) is 2.38. The standard InChI is InChI=1S/C12H16N2O3/c15-11(16)8-10(9-2-6-17-7-3-9)12-13-4-1-5-14-12/h1,4-5,9-10H,2-3,6-8H2,(H,15,16). The molecule has 1 saturated heterocycles. The largest absolute Gasteiger partial charge is 0.481 e. The zero-order chi connectivity index (χ0) is 12.1. The summed E-state index contributed by atoms with van der Waals surface area (Å²) in [5.41, 5.74) is 0. The topological polar surface area (TPSA) is 72.3 Å². The average molecular weight is 236 g/mol. The third kappa shape index (κ3) is 3.23. The van der Waals surface area contributed by atoms with Crippen LogP contribution < -0.4 is 0 Å². The van der Waals surface area contributed by atoms with E-state index in [0.717, 1.165) is 12.8 Å². The summed E-state index contributed by atoms with van der Waals surface area (Å²) in [6.07, 6.45) is 5.19. The van der Waals surface area contributed by atoms with Crippen LogP contribution in [0.15, 0.2) is 18.5 Å². The maximum atomic E-state index is 10.9. The van der Waals surface area contributed by atoms with E-state index in [2.05, 4.69) is 9.97 Å². The predicted molar refractivity (Wildman–Crippen MR) is 60.6 cm³/mol. The minimum Gasteiger partial charge on any atom is -0.481 e. The van der Waals surface area contributed by atoms with E-state index in [9.17, 15) is 4.79 Å². The minimum atomic E-state index is -0.797. The second kappa shape index (κ2) is 5.72. The molecule has 2 rings (SSSR count). The van der Waals surface area contributed by atoms with Crippen molar-refractivity contribution in [3.63, 3.8) is 0 Å². The van der Waals surface area contributed by atoms with Crippen molar-refractivity contribution < 1.29 is 14.6 Å². The highest BCUT2D eigenvalue weighted by Gasteiger charge is 2.29. The lowest BCUT2D eigenvalue weighted by atomic mass is 9.83. The van der Waals surface area contributed by atoms with Gasteiger partial charge in [0.25, 0.3) is 0 Å². The molecule has 0 saturated carbocycles. The number of aromatic nitrogens is 2. The van der Waals surface area contributed by atoms with Gasteiger partial charge >= 0.3 is 5.97 Å². The molecule has 17 heavy (non-hydrogen) atoms. The minimum absolute atomic E-state index is 0.0919. The van der Waals surface area contributed by atoms with Crippen LogP contribution in [-0.2, 0) is 9.53 Å². The number of carbonyl (C=O) groups is 1. The van der Waals surface area contributed by atoms with Crippen LogP contribution in [0.2, 0.25) is 0 Å². The molecular formula is C12H16N2O3. The molecule has 1 aromatic rings. The Morgan fingerprint density at radius 1 is 1.41 bits per heavy atom. The molecular weight excluding hydrogens is 220 g/mol. The Hall–Kier alpha value is -1.49. The van der Waals surface area contributed by atoms with Gasteiger partial charge in [0.05, 0.1) is 6.42 Å². The van der Waals surface area contributed by atoms with Gasteiger partial charge in [-0.15, -0.1) is 0 Å². The molecule has 0 spiro atoms. The van der Waals surface area contributed by atoms with Crippen LogP contribution in [0, 0.1) is 5.92 Å². The first-order valence-corrected chi connectivity index (χ1v) is 5.84. The van der Waals surface area contributed by atoms with Crippen LogP contribution in [0.5, 0.6) is 0 Å². The lowest BCUT2D eigenvalue weighted by Gasteiger charge is -2.28. The predicted octanol–water partition coefficient (Wildman–Crippen LogP) is 1.46. The number of hydrogen-bond donors (Lipinski definition) is 1. The van der Waals surface area contributed by atoms with E-state index in [1.165, 1.54) is 0 Å². The second-order valence-corrected chi connectivity index (χ2v) is 4.26. The lowest BCUT2D eigenvalue weighted by Crippen LogP contribution is -2.25. The van der Waals surface area contributed by atoms with Crippen molar-refractivity contribution in [3.05, 3.63) is 24.3 Å². The van der Waals surface area contributed by atoms with Crippen molar-refractivity contribution in [2.75, 3.05) is 13.2 Å². The third-order valence-corrected chi connectivity index (χ3v) is 3.15. The zero-order valence-corrected chi connectivity index (χ0v) is 9.58. The summed E-state index contributed by atoms with van der Waals surface area (Å²) >= 11 is 0. The van der Waals surface area contributed by atoms with Gasteiger partial charge < -0.3 is 9.84 Å². The molecule has 1 aromatic heterocycles. The molecule has 0 aromatic carbocycles. The SMILES string of the molecule is O=C(O)CC(c1ncccn1)C1CCOCC1. The number of carboxylic acids is 1. The molecule has 1 atom stereocenters. The first kappa shape index (κ1) is 12.0. The number of aliphatic carboxylic acids is 1. The van der Waals surface area contributed by atoms with Crippen LogP contribution in [0.25, 0.3) is 0 Å². The molecule has 1 fully saturated rings. The van der Waals surface area contributed by atoms with Gasteiger partial charge in [0.2, 0.25) is 0 Å². The van der Waals surface area contributed by atoms with Gasteiger partial charge in [-0.3, -0.25) is 4.79 Å². The number of carboxylic acid groups (broad SMARTS) is 1. The summed E-state index contributed by atoms with van der Waals surface area (Å²) in [5.74, 6) is 0.0515. The molecule has 0 bridgehead atoms. The summed E-state index contributed by atoms with van der Waals surface area (Å²) in [7, 11) is 0. The lowest BCUT2D eigenvalue weighted by molar-refractivity contribution is -0.138. The molecule has 5 heteroatoms. The maximum absolute atomic E-state index is 10.9. The van der Waals surface area contributed by atoms with Gasteiger partial charge in [0.15, 0.2) is 0 Å². The monoisotopic (exact) mass is 236 g/mol. The Kier molecular flexibility index (Phi) is 4.03. The summed E-state index contributed by atoms with van der Waals surface area (Å²) in [5, 5.41) is 8.99. The fraction of sp³-hybridized carbons (Fsp3) is 0.583. The van der Waals surface area contributed by atoms with E-state index in [1.807, 2.05) is 0 Å². The number of rotatable bonds is 4. The Labute approximate surface area is 99.9 Å². The van der Waals surface area contributed by atoms with Crippen molar-refractivity contribution in [2.24, 2.45) is 5.92 Å². The van der Waals surface area contributed by atoms with Gasteiger partial charge in [0, 0.05) is 31.5 Å². The van der Waals surface area contributed by atoms with Crippen molar-refractivity contribution in [3.8, 4) is 0 Å². The second-order valence-electron chi connectivity index (χ2n) is 4.26. The summed E-state index contributed by atoms with van der Waals surface area (Å²) < 4.78 is 5.30. The molecule has 0 aliphatic carbocycles. The molecule has 1 unspecified atom stereocenters. The van der Waals surface area contributed by atoms with Gasteiger partial charge in [0.1, 0.15) is 5.82 Å². The van der Waals surface area contributed by atoms with Crippen molar-refractivity contribution in [2.45, 2.75) is 25.2 Å². The Morgan fingerprint density at radius 3 is 2.65 bits per heavy atom. The summed E-state index contributed by atoms with van der Waals surface area (Å²) in [4.78, 5) is 19.3. The molecule has 92 valence electrons.